The van der Waals surface area contributed by atoms with Gasteiger partial charge in [-0.15, -0.1) is 0 Å². The Labute approximate surface area is 158 Å². The summed E-state index contributed by atoms with van der Waals surface area (Å²) in [7, 11) is 0. The Kier molecular flexibility index (Phi) is 5.51. The summed E-state index contributed by atoms with van der Waals surface area (Å²) in [4.78, 5) is 6.69. The molecule has 0 amide bonds. The van der Waals surface area contributed by atoms with Gasteiger partial charge in [-0.1, -0.05) is 51.1 Å². The third kappa shape index (κ3) is 3.11. The van der Waals surface area contributed by atoms with E-state index in [0.717, 1.165) is 19.3 Å². The van der Waals surface area contributed by atoms with Crippen LogP contribution in [0, 0.1) is 5.92 Å². The molecule has 4 heteroatoms. The number of hydrogen-bond donors (Lipinski definition) is 0. The quantitative estimate of drug-likeness (QED) is 0.730. The second kappa shape index (κ2) is 7.23. The Morgan fingerprint density at radius 2 is 1.73 bits per heavy atom. The standard InChI is InChI=1S/C22H35NO3/c1-7-20(5)16-22(24-14-15-25-22)18(4)21(6,8-2)23(20)26-17(3)19-12-10-9-11-13-19/h9-13,17-18H,7-8,14-16H2,1-6H3. The molecule has 0 aliphatic carbocycles. The fourth-order valence-corrected chi connectivity index (χ4v) is 4.75. The molecule has 26 heavy (non-hydrogen) atoms. The lowest BCUT2D eigenvalue weighted by molar-refractivity contribution is -0.378. The highest BCUT2D eigenvalue weighted by Crippen LogP contribution is 2.54. The maximum Gasteiger partial charge on any atom is 0.174 e. The molecule has 4 atom stereocenters. The Morgan fingerprint density at radius 1 is 1.12 bits per heavy atom. The van der Waals surface area contributed by atoms with Gasteiger partial charge in [0.15, 0.2) is 5.79 Å². The van der Waals surface area contributed by atoms with Crippen molar-refractivity contribution in [2.24, 2.45) is 5.92 Å². The van der Waals surface area contributed by atoms with Crippen molar-refractivity contribution in [2.45, 2.75) is 83.8 Å². The molecular weight excluding hydrogens is 326 g/mol. The minimum absolute atomic E-state index is 0.000357. The van der Waals surface area contributed by atoms with E-state index < -0.39 is 5.79 Å². The molecule has 0 bridgehead atoms. The highest BCUT2D eigenvalue weighted by Gasteiger charge is 2.63. The van der Waals surface area contributed by atoms with E-state index in [4.69, 9.17) is 14.3 Å². The van der Waals surface area contributed by atoms with Crippen LogP contribution in [0.4, 0.5) is 0 Å². The summed E-state index contributed by atoms with van der Waals surface area (Å²) >= 11 is 0. The predicted molar refractivity (Wildman–Crippen MR) is 104 cm³/mol. The van der Waals surface area contributed by atoms with Crippen LogP contribution in [0.3, 0.4) is 0 Å². The summed E-state index contributed by atoms with van der Waals surface area (Å²) in [6.07, 6.45) is 2.78. The molecule has 4 unspecified atom stereocenters. The van der Waals surface area contributed by atoms with Crippen LogP contribution in [0.15, 0.2) is 30.3 Å². The van der Waals surface area contributed by atoms with E-state index in [2.05, 4.69) is 70.9 Å². The molecule has 1 aromatic rings. The number of hydroxylamine groups is 2. The van der Waals surface area contributed by atoms with E-state index in [1.165, 1.54) is 5.56 Å². The first-order valence-electron chi connectivity index (χ1n) is 10.1. The lowest BCUT2D eigenvalue weighted by Gasteiger charge is -2.62. The SMILES string of the molecule is CCC1(C)CC2(OCCO2)C(C)C(C)(CC)N1OC(C)c1ccccc1. The second-order valence-corrected chi connectivity index (χ2v) is 8.42. The number of hydrogen-bond acceptors (Lipinski definition) is 4. The molecule has 1 spiro atoms. The first kappa shape index (κ1) is 19.8. The van der Waals surface area contributed by atoms with E-state index >= 15 is 0 Å². The Balaban J connectivity index is 1.95. The summed E-state index contributed by atoms with van der Waals surface area (Å²) < 4.78 is 12.4. The van der Waals surface area contributed by atoms with Crippen molar-refractivity contribution in [3.05, 3.63) is 35.9 Å². The van der Waals surface area contributed by atoms with Gasteiger partial charge < -0.3 is 9.47 Å². The van der Waals surface area contributed by atoms with Crippen molar-refractivity contribution in [1.82, 2.24) is 5.06 Å². The van der Waals surface area contributed by atoms with Gasteiger partial charge >= 0.3 is 0 Å². The molecule has 2 heterocycles. The van der Waals surface area contributed by atoms with Crippen molar-refractivity contribution < 1.29 is 14.3 Å². The van der Waals surface area contributed by atoms with Crippen molar-refractivity contribution in [3.63, 3.8) is 0 Å². The van der Waals surface area contributed by atoms with Gasteiger partial charge in [0.05, 0.1) is 18.8 Å². The molecule has 1 aromatic carbocycles. The van der Waals surface area contributed by atoms with E-state index in [-0.39, 0.29) is 23.1 Å². The van der Waals surface area contributed by atoms with Gasteiger partial charge in [0.25, 0.3) is 0 Å². The van der Waals surface area contributed by atoms with E-state index in [9.17, 15) is 0 Å². The Morgan fingerprint density at radius 3 is 2.27 bits per heavy atom. The first-order valence-corrected chi connectivity index (χ1v) is 10.1. The number of piperidine rings is 1. The molecule has 2 aliphatic heterocycles. The Hall–Kier alpha value is -0.940. The molecule has 2 saturated heterocycles. The lowest BCUT2D eigenvalue weighted by Crippen LogP contribution is -2.71. The van der Waals surface area contributed by atoms with Gasteiger partial charge in [-0.3, -0.25) is 4.84 Å². The topological polar surface area (TPSA) is 30.9 Å². The Bertz CT molecular complexity index is 601. The van der Waals surface area contributed by atoms with Crippen LogP contribution in [-0.2, 0) is 14.3 Å². The predicted octanol–water partition coefficient (Wildman–Crippen LogP) is 5.10. The zero-order valence-electron chi connectivity index (χ0n) is 17.2. The van der Waals surface area contributed by atoms with Crippen LogP contribution in [0.25, 0.3) is 0 Å². The summed E-state index contributed by atoms with van der Waals surface area (Å²) in [5.41, 5.74) is 0.881. The highest BCUT2D eigenvalue weighted by atomic mass is 16.7. The minimum Gasteiger partial charge on any atom is -0.347 e. The third-order valence-electron chi connectivity index (χ3n) is 6.96. The number of rotatable bonds is 5. The molecule has 4 nitrogen and oxygen atoms in total. The molecular formula is C22H35NO3. The van der Waals surface area contributed by atoms with E-state index in [1.54, 1.807) is 0 Å². The maximum absolute atomic E-state index is 6.69. The molecule has 2 fully saturated rings. The number of ether oxygens (including phenoxy) is 2. The average Bonchev–Trinajstić information content (AvgIpc) is 3.13. The number of nitrogens with zero attached hydrogens (tertiary/aromatic N) is 1. The average molecular weight is 362 g/mol. The fraction of sp³-hybridized carbons (Fsp3) is 0.727. The normalized spacial score (nSPS) is 35.7. The van der Waals surface area contributed by atoms with E-state index in [0.29, 0.717) is 13.2 Å². The van der Waals surface area contributed by atoms with Crippen LogP contribution in [-0.4, -0.2) is 35.1 Å². The number of benzene rings is 1. The first-order chi connectivity index (χ1) is 12.3. The molecule has 2 aliphatic rings. The minimum atomic E-state index is -0.495. The summed E-state index contributed by atoms with van der Waals surface area (Å²) in [5, 5.41) is 2.29. The zero-order chi connectivity index (χ0) is 19.0. The van der Waals surface area contributed by atoms with Gasteiger partial charge in [-0.25, -0.2) is 0 Å². The van der Waals surface area contributed by atoms with E-state index in [1.807, 2.05) is 6.07 Å². The van der Waals surface area contributed by atoms with Gasteiger partial charge in [-0.05, 0) is 39.2 Å². The van der Waals surface area contributed by atoms with Crippen molar-refractivity contribution in [3.8, 4) is 0 Å². The highest BCUT2D eigenvalue weighted by molar-refractivity contribution is 5.17. The smallest absolute Gasteiger partial charge is 0.174 e. The largest absolute Gasteiger partial charge is 0.347 e. The van der Waals surface area contributed by atoms with Crippen LogP contribution >= 0.6 is 0 Å². The van der Waals surface area contributed by atoms with Crippen LogP contribution in [0.2, 0.25) is 0 Å². The fourth-order valence-electron chi connectivity index (χ4n) is 4.75. The van der Waals surface area contributed by atoms with Crippen molar-refractivity contribution in [2.75, 3.05) is 13.2 Å². The second-order valence-electron chi connectivity index (χ2n) is 8.42. The summed E-state index contributed by atoms with van der Waals surface area (Å²) in [6, 6.07) is 10.5. The van der Waals surface area contributed by atoms with Crippen molar-refractivity contribution in [1.29, 1.82) is 0 Å². The van der Waals surface area contributed by atoms with Gasteiger partial charge in [-0.2, -0.15) is 5.06 Å². The van der Waals surface area contributed by atoms with Crippen LogP contribution < -0.4 is 0 Å². The van der Waals surface area contributed by atoms with Crippen molar-refractivity contribution >= 4 is 0 Å². The van der Waals surface area contributed by atoms with Gasteiger partial charge in [0.2, 0.25) is 0 Å². The van der Waals surface area contributed by atoms with Crippen LogP contribution in [0.5, 0.6) is 0 Å². The van der Waals surface area contributed by atoms with Gasteiger partial charge in [0, 0.05) is 17.9 Å². The third-order valence-corrected chi connectivity index (χ3v) is 6.96. The lowest BCUT2D eigenvalue weighted by atomic mass is 9.67. The monoisotopic (exact) mass is 361 g/mol. The molecule has 3 rings (SSSR count). The van der Waals surface area contributed by atoms with Crippen LogP contribution in [0.1, 0.15) is 72.5 Å². The maximum atomic E-state index is 6.69. The van der Waals surface area contributed by atoms with Gasteiger partial charge in [0.1, 0.15) is 6.10 Å². The molecule has 0 aromatic heterocycles. The molecule has 0 N–H and O–H groups in total. The zero-order valence-corrected chi connectivity index (χ0v) is 17.2. The summed E-state index contributed by atoms with van der Waals surface area (Å²) in [5.74, 6) is -0.282. The molecule has 0 radical (unpaired) electrons. The molecule has 0 saturated carbocycles. The molecule has 146 valence electrons. The summed E-state index contributed by atoms with van der Waals surface area (Å²) in [6.45, 7) is 14.8.